The molecule has 1 atom stereocenters. The van der Waals surface area contributed by atoms with Gasteiger partial charge in [-0.2, -0.15) is 0 Å². The fourth-order valence-corrected chi connectivity index (χ4v) is 3.64. The zero-order valence-corrected chi connectivity index (χ0v) is 16.7. The van der Waals surface area contributed by atoms with Crippen molar-refractivity contribution in [2.45, 2.75) is 45.3 Å². The topological polar surface area (TPSA) is 89.8 Å². The third-order valence-electron chi connectivity index (χ3n) is 5.52. The van der Waals surface area contributed by atoms with E-state index in [4.69, 9.17) is 4.98 Å². The Morgan fingerprint density at radius 3 is 2.66 bits per heavy atom. The van der Waals surface area contributed by atoms with E-state index in [2.05, 4.69) is 15.3 Å². The van der Waals surface area contributed by atoms with Crippen molar-refractivity contribution in [1.82, 2.24) is 24.8 Å². The highest BCUT2D eigenvalue weighted by atomic mass is 16.1. The molecule has 0 fully saturated rings. The molecule has 3 heterocycles. The van der Waals surface area contributed by atoms with Crippen molar-refractivity contribution in [3.63, 3.8) is 0 Å². The SMILES string of the molecule is Cc1ccc(C(=O)CC2c3nc(-c4ccncn4)cc(=O)n3CNC2(C)C)cc1. The highest BCUT2D eigenvalue weighted by Gasteiger charge is 2.39. The molecule has 3 aromatic rings. The van der Waals surface area contributed by atoms with Gasteiger partial charge in [0.25, 0.3) is 5.56 Å². The number of hydrogen-bond donors (Lipinski definition) is 1. The Labute approximate surface area is 168 Å². The van der Waals surface area contributed by atoms with Crippen LogP contribution < -0.4 is 10.9 Å². The van der Waals surface area contributed by atoms with Crippen molar-refractivity contribution in [3.8, 4) is 11.4 Å². The monoisotopic (exact) mass is 389 g/mol. The molecule has 7 heteroatoms. The molecule has 2 aromatic heterocycles. The summed E-state index contributed by atoms with van der Waals surface area (Å²) in [6.07, 6.45) is 3.30. The summed E-state index contributed by atoms with van der Waals surface area (Å²) < 4.78 is 1.60. The molecular formula is C22H23N5O2. The van der Waals surface area contributed by atoms with Crippen LogP contribution in [0.2, 0.25) is 0 Å². The number of rotatable bonds is 4. The maximum Gasteiger partial charge on any atom is 0.255 e. The highest BCUT2D eigenvalue weighted by Crippen LogP contribution is 2.34. The lowest BCUT2D eigenvalue weighted by Gasteiger charge is -2.40. The fraction of sp³-hybridized carbons (Fsp3) is 0.318. The second kappa shape index (κ2) is 7.33. The first-order chi connectivity index (χ1) is 13.8. The maximum absolute atomic E-state index is 13.0. The summed E-state index contributed by atoms with van der Waals surface area (Å²) in [4.78, 5) is 38.7. The van der Waals surface area contributed by atoms with Crippen molar-refractivity contribution < 1.29 is 4.79 Å². The zero-order valence-electron chi connectivity index (χ0n) is 16.7. The van der Waals surface area contributed by atoms with Crippen LogP contribution in [0.5, 0.6) is 0 Å². The van der Waals surface area contributed by atoms with Crippen molar-refractivity contribution in [2.24, 2.45) is 0 Å². The van der Waals surface area contributed by atoms with Crippen LogP contribution in [0.1, 0.15) is 47.9 Å². The molecule has 0 spiro atoms. The molecule has 0 radical (unpaired) electrons. The summed E-state index contributed by atoms with van der Waals surface area (Å²) in [5.74, 6) is 0.370. The van der Waals surface area contributed by atoms with E-state index >= 15 is 0 Å². The predicted octanol–water partition coefficient (Wildman–Crippen LogP) is 2.70. The average molecular weight is 389 g/mol. The number of hydrogen-bond acceptors (Lipinski definition) is 6. The Morgan fingerprint density at radius 1 is 1.21 bits per heavy atom. The highest BCUT2D eigenvalue weighted by molar-refractivity contribution is 5.96. The Hall–Kier alpha value is -3.19. The van der Waals surface area contributed by atoms with E-state index in [9.17, 15) is 9.59 Å². The first-order valence-electron chi connectivity index (χ1n) is 9.58. The third kappa shape index (κ3) is 3.73. The lowest BCUT2D eigenvalue weighted by Crippen LogP contribution is -2.54. The van der Waals surface area contributed by atoms with Crippen molar-refractivity contribution in [3.05, 3.63) is 76.2 Å². The molecule has 148 valence electrons. The van der Waals surface area contributed by atoms with Crippen LogP contribution in [0.15, 0.2) is 53.7 Å². The predicted molar refractivity (Wildman–Crippen MR) is 110 cm³/mol. The van der Waals surface area contributed by atoms with Crippen LogP contribution in [0.3, 0.4) is 0 Å². The smallest absolute Gasteiger partial charge is 0.255 e. The summed E-state index contributed by atoms with van der Waals surface area (Å²) >= 11 is 0. The van der Waals surface area contributed by atoms with Gasteiger partial charge in [0.15, 0.2) is 5.78 Å². The van der Waals surface area contributed by atoms with E-state index in [1.54, 1.807) is 16.8 Å². The number of nitrogens with zero attached hydrogens (tertiary/aromatic N) is 4. The van der Waals surface area contributed by atoms with Crippen LogP contribution in [0.25, 0.3) is 11.4 Å². The lowest BCUT2D eigenvalue weighted by molar-refractivity contribution is 0.0940. The van der Waals surface area contributed by atoms with Gasteiger partial charge in [-0.3, -0.25) is 19.5 Å². The molecule has 0 amide bonds. The first-order valence-corrected chi connectivity index (χ1v) is 9.58. The summed E-state index contributed by atoms with van der Waals surface area (Å²) in [6, 6.07) is 10.8. The molecule has 29 heavy (non-hydrogen) atoms. The number of benzene rings is 1. The van der Waals surface area contributed by atoms with Gasteiger partial charge in [0, 0.05) is 35.7 Å². The van der Waals surface area contributed by atoms with Gasteiger partial charge < -0.3 is 0 Å². The molecule has 1 aliphatic heterocycles. The van der Waals surface area contributed by atoms with Crippen LogP contribution in [0.4, 0.5) is 0 Å². The number of nitrogens with one attached hydrogen (secondary N) is 1. The largest absolute Gasteiger partial charge is 0.294 e. The fourth-order valence-electron chi connectivity index (χ4n) is 3.64. The minimum atomic E-state index is -0.399. The van der Waals surface area contributed by atoms with Crippen molar-refractivity contribution in [2.75, 3.05) is 0 Å². The van der Waals surface area contributed by atoms with Crippen LogP contribution in [-0.4, -0.2) is 30.8 Å². The van der Waals surface area contributed by atoms with Crippen LogP contribution in [-0.2, 0) is 6.67 Å². The molecule has 0 bridgehead atoms. The molecule has 4 rings (SSSR count). The van der Waals surface area contributed by atoms with Crippen molar-refractivity contribution in [1.29, 1.82) is 0 Å². The summed E-state index contributed by atoms with van der Waals surface area (Å²) in [5.41, 5.74) is 2.28. The molecule has 0 saturated heterocycles. The zero-order chi connectivity index (χ0) is 20.6. The van der Waals surface area contributed by atoms with E-state index < -0.39 is 5.54 Å². The lowest BCUT2D eigenvalue weighted by atomic mass is 9.80. The number of carbonyl (C=O) groups excluding carboxylic acids is 1. The van der Waals surface area contributed by atoms with Crippen LogP contribution in [0, 0.1) is 6.92 Å². The Kier molecular flexibility index (Phi) is 4.84. The molecular weight excluding hydrogens is 366 g/mol. The van der Waals surface area contributed by atoms with Gasteiger partial charge in [0.05, 0.1) is 18.1 Å². The van der Waals surface area contributed by atoms with Gasteiger partial charge >= 0.3 is 0 Å². The summed E-state index contributed by atoms with van der Waals surface area (Å²) in [7, 11) is 0. The van der Waals surface area contributed by atoms with E-state index in [0.717, 1.165) is 5.56 Å². The number of Topliss-reactive ketones (excluding diaryl/α,β-unsaturated/α-hetero) is 1. The second-order valence-corrected chi connectivity index (χ2v) is 7.96. The second-order valence-electron chi connectivity index (χ2n) is 7.96. The quantitative estimate of drug-likeness (QED) is 0.690. The number of aromatic nitrogens is 4. The average Bonchev–Trinajstić information content (AvgIpc) is 2.71. The minimum Gasteiger partial charge on any atom is -0.294 e. The molecule has 1 aromatic carbocycles. The Bertz CT molecular complexity index is 1100. The third-order valence-corrected chi connectivity index (χ3v) is 5.52. The van der Waals surface area contributed by atoms with Gasteiger partial charge in [0.1, 0.15) is 12.2 Å². The van der Waals surface area contributed by atoms with Crippen molar-refractivity contribution >= 4 is 5.78 Å². The Morgan fingerprint density at radius 2 is 1.97 bits per heavy atom. The first kappa shape index (κ1) is 19.1. The minimum absolute atomic E-state index is 0.0278. The maximum atomic E-state index is 13.0. The summed E-state index contributed by atoms with van der Waals surface area (Å²) in [6.45, 7) is 6.41. The molecule has 1 N–H and O–H groups in total. The summed E-state index contributed by atoms with van der Waals surface area (Å²) in [5, 5.41) is 3.38. The van der Waals surface area contributed by atoms with Crippen LogP contribution >= 0.6 is 0 Å². The molecule has 7 nitrogen and oxygen atoms in total. The van der Waals surface area contributed by atoms with E-state index in [1.807, 2.05) is 45.0 Å². The number of carbonyl (C=O) groups is 1. The van der Waals surface area contributed by atoms with Gasteiger partial charge in [0.2, 0.25) is 0 Å². The molecule has 0 aliphatic carbocycles. The van der Waals surface area contributed by atoms with E-state index in [-0.39, 0.29) is 23.7 Å². The van der Waals surface area contributed by atoms with Gasteiger partial charge in [-0.1, -0.05) is 29.8 Å². The number of aryl methyl sites for hydroxylation is 1. The van der Waals surface area contributed by atoms with Gasteiger partial charge in [-0.05, 0) is 26.8 Å². The van der Waals surface area contributed by atoms with Gasteiger partial charge in [-0.25, -0.2) is 15.0 Å². The molecule has 1 aliphatic rings. The molecule has 0 saturated carbocycles. The number of fused-ring (bicyclic) bond motifs is 1. The molecule has 1 unspecified atom stereocenters. The Balaban J connectivity index is 1.76. The number of ketones is 1. The van der Waals surface area contributed by atoms with Gasteiger partial charge in [-0.15, -0.1) is 0 Å². The van der Waals surface area contributed by atoms with E-state index in [1.165, 1.54) is 12.4 Å². The standard InChI is InChI=1S/C22H23N5O2/c1-14-4-6-15(7-5-14)19(28)10-16-21-26-18(17-8-9-23-12-24-17)11-20(29)27(21)13-25-22(16,2)3/h4-9,11-12,16,25H,10,13H2,1-3H3. The van der Waals surface area contributed by atoms with E-state index in [0.29, 0.717) is 29.4 Å². The normalized spacial score (nSPS) is 17.6.